The van der Waals surface area contributed by atoms with Crippen LogP contribution < -0.4 is 20.7 Å². The molecule has 4 N–H and O–H groups in total. The lowest BCUT2D eigenvalue weighted by Gasteiger charge is -2.41. The first-order valence-electron chi connectivity index (χ1n) is 11.0. The van der Waals surface area contributed by atoms with Gasteiger partial charge < -0.3 is 25.8 Å². The molecule has 4 rings (SSSR count). The summed E-state index contributed by atoms with van der Waals surface area (Å²) in [6.07, 6.45) is 1.12. The van der Waals surface area contributed by atoms with Crippen LogP contribution in [0.4, 0.5) is 13.2 Å². The highest BCUT2D eigenvalue weighted by Crippen LogP contribution is 2.28. The zero-order valence-corrected chi connectivity index (χ0v) is 19.3. The summed E-state index contributed by atoms with van der Waals surface area (Å²) in [5, 5.41) is 20.6. The summed E-state index contributed by atoms with van der Waals surface area (Å²) in [5.41, 5.74) is 0.629. The summed E-state index contributed by atoms with van der Waals surface area (Å²) in [7, 11) is 0. The number of amides is 2. The third-order valence-corrected chi connectivity index (χ3v) is 5.52. The van der Waals surface area contributed by atoms with Crippen molar-refractivity contribution in [2.45, 2.75) is 25.6 Å². The molecule has 1 saturated heterocycles. The van der Waals surface area contributed by atoms with Gasteiger partial charge in [0.05, 0.1) is 17.3 Å². The Balaban J connectivity index is 0.000000454. The fourth-order valence-electron chi connectivity index (χ4n) is 3.43. The smallest absolute Gasteiger partial charge is 0.485 e. The van der Waals surface area contributed by atoms with Crippen LogP contribution in [0.2, 0.25) is 0 Å². The van der Waals surface area contributed by atoms with Gasteiger partial charge in [-0.3, -0.25) is 9.59 Å². The fourth-order valence-corrected chi connectivity index (χ4v) is 3.43. The maximum Gasteiger partial charge on any atom is 0.490 e. The van der Waals surface area contributed by atoms with Crippen molar-refractivity contribution >= 4 is 17.8 Å². The molecule has 1 fully saturated rings. The number of rotatable bonds is 1. The van der Waals surface area contributed by atoms with Crippen molar-refractivity contribution in [3.05, 3.63) is 54.4 Å². The molecule has 0 aliphatic carbocycles. The SMILES string of the molecule is C[C@@H]1CNC(=O)c2nn(-c3ccccc3)cc2OC/C=C\CC2(CNC2)C(=O)N1.O=C(O)C(F)(F)F. The topological polar surface area (TPSA) is 135 Å². The molecule has 0 radical (unpaired) electrons. The number of nitrogens with zero attached hydrogens (tertiary/aromatic N) is 2. The van der Waals surface area contributed by atoms with Gasteiger partial charge in [0.1, 0.15) is 6.61 Å². The third-order valence-electron chi connectivity index (χ3n) is 5.52. The first-order chi connectivity index (χ1) is 17.0. The number of carboxylic acids is 1. The summed E-state index contributed by atoms with van der Waals surface area (Å²) >= 11 is 0. The number of carboxylic acid groups (broad SMARTS) is 1. The molecule has 13 heteroatoms. The molecule has 1 spiro atoms. The highest BCUT2D eigenvalue weighted by Gasteiger charge is 2.43. The molecule has 0 saturated carbocycles. The van der Waals surface area contributed by atoms with E-state index in [0.29, 0.717) is 38.4 Å². The third kappa shape index (κ3) is 6.62. The number of halogens is 3. The zero-order chi connectivity index (χ0) is 26.3. The van der Waals surface area contributed by atoms with E-state index in [1.807, 2.05) is 49.4 Å². The average molecular weight is 509 g/mol. The van der Waals surface area contributed by atoms with Gasteiger partial charge in [0, 0.05) is 25.7 Å². The van der Waals surface area contributed by atoms with E-state index in [1.165, 1.54) is 0 Å². The number of fused-ring (bicyclic) bond motifs is 1. The molecule has 1 aromatic heterocycles. The summed E-state index contributed by atoms with van der Waals surface area (Å²) in [6.45, 7) is 3.78. The Bertz CT molecular complexity index is 1110. The minimum Gasteiger partial charge on any atom is -0.485 e. The second kappa shape index (κ2) is 11.2. The first kappa shape index (κ1) is 26.7. The molecule has 194 valence electrons. The molecule has 2 aliphatic heterocycles. The number of aliphatic carboxylic acids is 1. The largest absolute Gasteiger partial charge is 0.490 e. The van der Waals surface area contributed by atoms with Crippen LogP contribution in [0.25, 0.3) is 5.69 Å². The maximum atomic E-state index is 12.7. The van der Waals surface area contributed by atoms with Crippen molar-refractivity contribution in [1.29, 1.82) is 0 Å². The summed E-state index contributed by atoms with van der Waals surface area (Å²) in [5.74, 6) is -2.66. The van der Waals surface area contributed by atoms with E-state index in [0.717, 1.165) is 5.69 Å². The minimum atomic E-state index is -5.08. The van der Waals surface area contributed by atoms with Gasteiger partial charge in [-0.25, -0.2) is 9.48 Å². The Morgan fingerprint density at radius 2 is 1.86 bits per heavy atom. The van der Waals surface area contributed by atoms with Crippen molar-refractivity contribution in [3.8, 4) is 11.4 Å². The molecule has 3 heterocycles. The van der Waals surface area contributed by atoms with Crippen LogP contribution in [0.1, 0.15) is 23.8 Å². The van der Waals surface area contributed by atoms with Gasteiger partial charge >= 0.3 is 12.1 Å². The van der Waals surface area contributed by atoms with Gasteiger partial charge in [0.15, 0.2) is 11.4 Å². The van der Waals surface area contributed by atoms with E-state index >= 15 is 0 Å². The Morgan fingerprint density at radius 3 is 2.44 bits per heavy atom. The number of para-hydroxylation sites is 1. The molecule has 0 bridgehead atoms. The molecule has 2 aromatic rings. The van der Waals surface area contributed by atoms with E-state index in [2.05, 4.69) is 21.0 Å². The molecule has 10 nitrogen and oxygen atoms in total. The summed E-state index contributed by atoms with van der Waals surface area (Å²) in [6, 6.07) is 9.35. The van der Waals surface area contributed by atoms with Crippen molar-refractivity contribution in [3.63, 3.8) is 0 Å². The Morgan fingerprint density at radius 1 is 1.19 bits per heavy atom. The van der Waals surface area contributed by atoms with Crippen LogP contribution in [0.3, 0.4) is 0 Å². The number of alkyl halides is 3. The molecule has 2 aliphatic rings. The van der Waals surface area contributed by atoms with Crippen LogP contribution in [0, 0.1) is 5.41 Å². The predicted octanol–water partition coefficient (Wildman–Crippen LogP) is 1.67. The monoisotopic (exact) mass is 509 g/mol. The van der Waals surface area contributed by atoms with Crippen LogP contribution >= 0.6 is 0 Å². The van der Waals surface area contributed by atoms with Crippen molar-refractivity contribution in [2.75, 3.05) is 26.2 Å². The summed E-state index contributed by atoms with van der Waals surface area (Å²) in [4.78, 5) is 34.3. The average Bonchev–Trinajstić information content (AvgIpc) is 3.23. The van der Waals surface area contributed by atoms with Crippen LogP contribution in [-0.4, -0.2) is 71.1 Å². The van der Waals surface area contributed by atoms with E-state index in [4.69, 9.17) is 14.6 Å². The van der Waals surface area contributed by atoms with Gasteiger partial charge in [-0.2, -0.15) is 18.3 Å². The molecular formula is C23H26F3N5O5. The van der Waals surface area contributed by atoms with Crippen LogP contribution in [0.15, 0.2) is 48.7 Å². The van der Waals surface area contributed by atoms with Crippen molar-refractivity contribution in [1.82, 2.24) is 25.7 Å². The number of hydrogen-bond acceptors (Lipinski definition) is 6. The highest BCUT2D eigenvalue weighted by atomic mass is 19.4. The highest BCUT2D eigenvalue weighted by molar-refractivity contribution is 5.95. The number of hydrogen-bond donors (Lipinski definition) is 4. The van der Waals surface area contributed by atoms with Crippen molar-refractivity contribution < 1.29 is 37.4 Å². The standard InChI is InChI=1S/C21H25N5O3.C2HF3O2/c1-15-11-23-19(27)18-17(12-26(25-18)16-7-3-2-4-8-16)29-10-6-5-9-21(13-22-14-21)20(28)24-15;3-2(4,5)1(6)7/h2-8,12,15,22H,9-11,13-14H2,1H3,(H,23,27)(H,24,28);(H,6,7)/b6-5-;/t15-;/m1./s1. The van der Waals surface area contributed by atoms with Gasteiger partial charge in [-0.05, 0) is 25.5 Å². The van der Waals surface area contributed by atoms with Gasteiger partial charge in [-0.15, -0.1) is 0 Å². The predicted molar refractivity (Wildman–Crippen MR) is 122 cm³/mol. The van der Waals surface area contributed by atoms with Gasteiger partial charge in [-0.1, -0.05) is 30.4 Å². The number of aromatic nitrogens is 2. The molecule has 1 atom stereocenters. The molecular weight excluding hydrogens is 483 g/mol. The van der Waals surface area contributed by atoms with Gasteiger partial charge in [0.25, 0.3) is 5.91 Å². The van der Waals surface area contributed by atoms with E-state index in [-0.39, 0.29) is 23.6 Å². The van der Waals surface area contributed by atoms with E-state index in [9.17, 15) is 22.8 Å². The lowest BCUT2D eigenvalue weighted by Crippen LogP contribution is -2.62. The number of allylic oxidation sites excluding steroid dienone is 1. The quantitative estimate of drug-likeness (QED) is 0.430. The second-order valence-electron chi connectivity index (χ2n) is 8.38. The summed E-state index contributed by atoms with van der Waals surface area (Å²) < 4.78 is 39.2. The lowest BCUT2D eigenvalue weighted by molar-refractivity contribution is -0.192. The Labute approximate surface area is 204 Å². The normalized spacial score (nSPS) is 20.7. The van der Waals surface area contributed by atoms with Crippen LogP contribution in [-0.2, 0) is 9.59 Å². The Hall–Kier alpha value is -3.87. The molecule has 2 amide bonds. The van der Waals surface area contributed by atoms with Gasteiger partial charge in [0.2, 0.25) is 5.91 Å². The number of carbonyl (C=O) groups is 3. The van der Waals surface area contributed by atoms with E-state index < -0.39 is 17.6 Å². The molecule has 0 unspecified atom stereocenters. The number of nitrogens with one attached hydrogen (secondary N) is 3. The number of benzene rings is 1. The maximum absolute atomic E-state index is 12.7. The Kier molecular flexibility index (Phi) is 8.35. The lowest BCUT2D eigenvalue weighted by atomic mass is 9.77. The number of carbonyl (C=O) groups excluding carboxylic acids is 2. The van der Waals surface area contributed by atoms with Crippen LogP contribution in [0.5, 0.6) is 5.75 Å². The fraction of sp³-hybridized carbons (Fsp3) is 0.391. The molecule has 1 aromatic carbocycles. The zero-order valence-electron chi connectivity index (χ0n) is 19.3. The first-order valence-corrected chi connectivity index (χ1v) is 11.0. The van der Waals surface area contributed by atoms with Crippen molar-refractivity contribution in [2.24, 2.45) is 5.41 Å². The van der Waals surface area contributed by atoms with E-state index in [1.54, 1.807) is 10.9 Å². The molecule has 36 heavy (non-hydrogen) atoms. The second-order valence-corrected chi connectivity index (χ2v) is 8.38. The number of ether oxygens (including phenoxy) is 1. The minimum absolute atomic E-state index is 0.00895.